The van der Waals surface area contributed by atoms with Crippen LogP contribution in [0.15, 0.2) is 18.2 Å². The van der Waals surface area contributed by atoms with E-state index >= 15 is 0 Å². The quantitative estimate of drug-likeness (QED) is 0.903. The minimum Gasteiger partial charge on any atom is -0.478 e. The average Bonchev–Trinajstić information content (AvgIpc) is 2.31. The van der Waals surface area contributed by atoms with Crippen LogP contribution in [0.3, 0.4) is 0 Å². The van der Waals surface area contributed by atoms with Crippen LogP contribution in [0.2, 0.25) is 0 Å². The van der Waals surface area contributed by atoms with Gasteiger partial charge in [-0.1, -0.05) is 18.2 Å². The highest BCUT2D eigenvalue weighted by molar-refractivity contribution is 6.04. The van der Waals surface area contributed by atoms with Gasteiger partial charge in [-0.3, -0.25) is 4.98 Å². The molecule has 0 spiro atoms. The third kappa shape index (κ3) is 1.95. The van der Waals surface area contributed by atoms with Crippen LogP contribution < -0.4 is 0 Å². The molecule has 0 aliphatic carbocycles. The van der Waals surface area contributed by atoms with Crippen molar-refractivity contribution < 1.29 is 14.6 Å². The second-order valence-electron chi connectivity index (χ2n) is 4.26. The first-order valence-electron chi connectivity index (χ1n) is 5.67. The molecule has 0 radical (unpaired) electrons. The molecule has 4 nitrogen and oxygen atoms in total. The molecule has 1 aromatic carbocycles. The van der Waals surface area contributed by atoms with Crippen molar-refractivity contribution in [3.63, 3.8) is 0 Å². The van der Waals surface area contributed by atoms with Gasteiger partial charge >= 0.3 is 5.97 Å². The predicted octanol–water partition coefficient (Wildman–Crippen LogP) is 2.70. The van der Waals surface area contributed by atoms with E-state index in [2.05, 4.69) is 4.98 Å². The molecular weight excluding hydrogens is 230 g/mol. The molecule has 0 atom stereocenters. The summed E-state index contributed by atoms with van der Waals surface area (Å²) in [6, 6.07) is 5.56. The van der Waals surface area contributed by atoms with E-state index in [0.29, 0.717) is 22.2 Å². The Kier molecular flexibility index (Phi) is 3.30. The Morgan fingerprint density at radius 3 is 2.72 bits per heavy atom. The van der Waals surface area contributed by atoms with Gasteiger partial charge in [-0.25, -0.2) is 4.79 Å². The number of rotatable bonds is 3. The van der Waals surface area contributed by atoms with Gasteiger partial charge in [0.25, 0.3) is 0 Å². The molecule has 2 aromatic rings. The van der Waals surface area contributed by atoms with Crippen molar-refractivity contribution in [1.29, 1.82) is 0 Å². The summed E-state index contributed by atoms with van der Waals surface area (Å²) in [5, 5.41) is 10.1. The summed E-state index contributed by atoms with van der Waals surface area (Å²) in [7, 11) is 1.55. The monoisotopic (exact) mass is 245 g/mol. The first-order chi connectivity index (χ1) is 8.56. The highest BCUT2D eigenvalue weighted by atomic mass is 16.5. The number of methoxy groups -OCH3 is 1. The van der Waals surface area contributed by atoms with Crippen LogP contribution in [0.5, 0.6) is 0 Å². The SMILES string of the molecule is COCc1c(C)nc2c(C)cccc2c1C(=O)O. The zero-order valence-corrected chi connectivity index (χ0v) is 10.7. The van der Waals surface area contributed by atoms with Crippen LogP contribution >= 0.6 is 0 Å². The van der Waals surface area contributed by atoms with Crippen LogP contribution in [-0.4, -0.2) is 23.2 Å². The van der Waals surface area contributed by atoms with Crippen LogP contribution in [0.4, 0.5) is 0 Å². The first kappa shape index (κ1) is 12.5. The third-order valence-corrected chi connectivity index (χ3v) is 3.03. The molecule has 0 aliphatic heterocycles. The maximum Gasteiger partial charge on any atom is 0.336 e. The standard InChI is InChI=1S/C14H15NO3/c1-8-5-4-6-10-12(14(16)17)11(7-18-3)9(2)15-13(8)10/h4-6H,7H2,1-3H3,(H,16,17). The van der Waals surface area contributed by atoms with Crippen LogP contribution in [0, 0.1) is 13.8 Å². The van der Waals surface area contributed by atoms with Crippen molar-refractivity contribution in [3.8, 4) is 0 Å². The number of carboxylic acid groups (broad SMARTS) is 1. The second-order valence-corrected chi connectivity index (χ2v) is 4.26. The molecule has 1 heterocycles. The van der Waals surface area contributed by atoms with Crippen molar-refractivity contribution in [2.75, 3.05) is 7.11 Å². The van der Waals surface area contributed by atoms with Crippen LogP contribution in [-0.2, 0) is 11.3 Å². The molecule has 0 saturated heterocycles. The summed E-state index contributed by atoms with van der Waals surface area (Å²) in [4.78, 5) is 16.0. The molecular formula is C14H15NO3. The van der Waals surface area contributed by atoms with Crippen molar-refractivity contribution in [2.45, 2.75) is 20.5 Å². The van der Waals surface area contributed by atoms with E-state index in [1.165, 1.54) is 0 Å². The van der Waals surface area contributed by atoms with Crippen molar-refractivity contribution in [3.05, 3.63) is 40.6 Å². The highest BCUT2D eigenvalue weighted by Crippen LogP contribution is 2.26. The lowest BCUT2D eigenvalue weighted by atomic mass is 9.99. The number of benzene rings is 1. The molecule has 94 valence electrons. The zero-order chi connectivity index (χ0) is 13.3. The van der Waals surface area contributed by atoms with Gasteiger partial charge in [0.05, 0.1) is 17.7 Å². The van der Waals surface area contributed by atoms with E-state index in [4.69, 9.17) is 4.74 Å². The minimum atomic E-state index is -0.942. The molecule has 2 rings (SSSR count). The largest absolute Gasteiger partial charge is 0.478 e. The Hall–Kier alpha value is -1.94. The number of hydrogen-bond acceptors (Lipinski definition) is 3. The number of aryl methyl sites for hydroxylation is 2. The fourth-order valence-electron chi connectivity index (χ4n) is 2.15. The van der Waals surface area contributed by atoms with Gasteiger partial charge in [0.2, 0.25) is 0 Å². The maximum absolute atomic E-state index is 11.5. The van der Waals surface area contributed by atoms with E-state index in [1.807, 2.05) is 26.0 Å². The summed E-state index contributed by atoms with van der Waals surface area (Å²) in [5.74, 6) is -0.942. The molecule has 4 heteroatoms. The number of carbonyl (C=O) groups is 1. The molecule has 0 amide bonds. The number of aromatic nitrogens is 1. The van der Waals surface area contributed by atoms with Crippen molar-refractivity contribution in [1.82, 2.24) is 4.98 Å². The Morgan fingerprint density at radius 1 is 1.39 bits per heavy atom. The second kappa shape index (κ2) is 4.74. The topological polar surface area (TPSA) is 59.4 Å². The number of nitrogens with zero attached hydrogens (tertiary/aromatic N) is 1. The minimum absolute atomic E-state index is 0.254. The predicted molar refractivity (Wildman–Crippen MR) is 68.9 cm³/mol. The fourth-order valence-corrected chi connectivity index (χ4v) is 2.15. The van der Waals surface area contributed by atoms with Gasteiger partial charge in [-0.2, -0.15) is 0 Å². The average molecular weight is 245 g/mol. The smallest absolute Gasteiger partial charge is 0.336 e. The van der Waals surface area contributed by atoms with E-state index in [1.54, 1.807) is 13.2 Å². The molecule has 0 unspecified atom stereocenters. The lowest BCUT2D eigenvalue weighted by Gasteiger charge is -2.13. The number of para-hydroxylation sites is 1. The van der Waals surface area contributed by atoms with E-state index in [9.17, 15) is 9.90 Å². The Morgan fingerprint density at radius 2 is 2.11 bits per heavy atom. The fraction of sp³-hybridized carbons (Fsp3) is 0.286. The number of ether oxygens (including phenoxy) is 1. The van der Waals surface area contributed by atoms with Gasteiger partial charge in [0, 0.05) is 23.8 Å². The Labute approximate surface area is 105 Å². The maximum atomic E-state index is 11.5. The number of hydrogen-bond donors (Lipinski definition) is 1. The molecule has 0 fully saturated rings. The lowest BCUT2D eigenvalue weighted by Crippen LogP contribution is -2.09. The normalized spacial score (nSPS) is 10.8. The van der Waals surface area contributed by atoms with E-state index < -0.39 is 5.97 Å². The van der Waals surface area contributed by atoms with Crippen LogP contribution in [0.1, 0.15) is 27.2 Å². The molecule has 1 aromatic heterocycles. The van der Waals surface area contributed by atoms with Gasteiger partial charge < -0.3 is 9.84 Å². The molecule has 1 N–H and O–H groups in total. The highest BCUT2D eigenvalue weighted by Gasteiger charge is 2.18. The molecule has 18 heavy (non-hydrogen) atoms. The lowest BCUT2D eigenvalue weighted by molar-refractivity contribution is 0.0694. The summed E-state index contributed by atoms with van der Waals surface area (Å²) in [6.07, 6.45) is 0. The summed E-state index contributed by atoms with van der Waals surface area (Å²) in [6.45, 7) is 3.99. The molecule has 0 saturated carbocycles. The first-order valence-corrected chi connectivity index (χ1v) is 5.67. The Bertz CT molecular complexity index is 620. The zero-order valence-electron chi connectivity index (χ0n) is 10.7. The summed E-state index contributed by atoms with van der Waals surface area (Å²) in [5.41, 5.74) is 3.36. The van der Waals surface area contributed by atoms with Crippen LogP contribution in [0.25, 0.3) is 10.9 Å². The van der Waals surface area contributed by atoms with Crippen molar-refractivity contribution in [2.24, 2.45) is 0 Å². The number of fused-ring (bicyclic) bond motifs is 1. The van der Waals surface area contributed by atoms with E-state index in [0.717, 1.165) is 11.1 Å². The summed E-state index contributed by atoms with van der Waals surface area (Å²) < 4.78 is 5.08. The number of carboxylic acids is 1. The van der Waals surface area contributed by atoms with Gasteiger partial charge in [-0.15, -0.1) is 0 Å². The van der Waals surface area contributed by atoms with Gasteiger partial charge in [0.1, 0.15) is 0 Å². The number of aromatic carboxylic acids is 1. The van der Waals surface area contributed by atoms with E-state index in [-0.39, 0.29) is 6.61 Å². The Balaban J connectivity index is 2.89. The number of pyridine rings is 1. The van der Waals surface area contributed by atoms with Gasteiger partial charge in [-0.05, 0) is 19.4 Å². The molecule has 0 bridgehead atoms. The molecule has 0 aliphatic rings. The third-order valence-electron chi connectivity index (χ3n) is 3.03. The summed E-state index contributed by atoms with van der Waals surface area (Å²) >= 11 is 0. The van der Waals surface area contributed by atoms with Crippen molar-refractivity contribution >= 4 is 16.9 Å². The van der Waals surface area contributed by atoms with Gasteiger partial charge in [0.15, 0.2) is 0 Å².